The molecule has 0 aliphatic heterocycles. The van der Waals surface area contributed by atoms with Crippen molar-refractivity contribution in [2.45, 2.75) is 9.17 Å². The highest BCUT2D eigenvalue weighted by atomic mass is 127. The van der Waals surface area contributed by atoms with Crippen LogP contribution in [0.3, 0.4) is 0 Å². The summed E-state index contributed by atoms with van der Waals surface area (Å²) in [6.07, 6.45) is 1.87. The van der Waals surface area contributed by atoms with Crippen LogP contribution in [0, 0.1) is 0 Å². The minimum Gasteiger partial charge on any atom is -0.293 e. The monoisotopic (exact) mass is 410 g/mol. The van der Waals surface area contributed by atoms with Crippen LogP contribution in [0.5, 0.6) is 0 Å². The third-order valence-corrected chi connectivity index (χ3v) is 5.91. The fraction of sp³-hybridized carbons (Fsp3) is 0.176. The fourth-order valence-electron chi connectivity index (χ4n) is 2.03. The quantitative estimate of drug-likeness (QED) is 0.405. The number of alkyl halides is 1. The van der Waals surface area contributed by atoms with Gasteiger partial charge in [-0.2, -0.15) is 11.8 Å². The molecule has 0 bridgehead atoms. The van der Waals surface area contributed by atoms with Gasteiger partial charge in [0, 0.05) is 11.1 Å². The standard InChI is InChI=1S/C17H15IO2S/c1-21-17(16(20)13-10-6-3-7-11-13)14(18)15(19)12-8-4-2-5-9-12/h2-11,14,17H,1H3. The maximum absolute atomic E-state index is 12.6. The van der Waals surface area contributed by atoms with Crippen LogP contribution in [0.2, 0.25) is 0 Å². The van der Waals surface area contributed by atoms with E-state index in [4.69, 9.17) is 0 Å². The van der Waals surface area contributed by atoms with Crippen molar-refractivity contribution < 1.29 is 9.59 Å². The molecule has 0 amide bonds. The summed E-state index contributed by atoms with van der Waals surface area (Å²) in [7, 11) is 0. The summed E-state index contributed by atoms with van der Waals surface area (Å²) in [5, 5.41) is -0.374. The van der Waals surface area contributed by atoms with Gasteiger partial charge in [-0.3, -0.25) is 9.59 Å². The Morgan fingerprint density at radius 3 is 1.71 bits per heavy atom. The number of hydrogen-bond acceptors (Lipinski definition) is 3. The largest absolute Gasteiger partial charge is 0.293 e. The molecule has 2 aromatic carbocycles. The lowest BCUT2D eigenvalue weighted by atomic mass is 10.0. The maximum Gasteiger partial charge on any atom is 0.177 e. The Morgan fingerprint density at radius 2 is 1.29 bits per heavy atom. The topological polar surface area (TPSA) is 34.1 Å². The van der Waals surface area contributed by atoms with Crippen molar-refractivity contribution in [3.63, 3.8) is 0 Å². The third-order valence-electron chi connectivity index (χ3n) is 3.15. The van der Waals surface area contributed by atoms with Gasteiger partial charge in [-0.1, -0.05) is 83.3 Å². The minimum atomic E-state index is -0.382. The summed E-state index contributed by atoms with van der Waals surface area (Å²) in [6, 6.07) is 18.3. The van der Waals surface area contributed by atoms with Gasteiger partial charge in [0.15, 0.2) is 11.6 Å². The molecule has 2 unspecified atom stereocenters. The number of rotatable bonds is 6. The number of thioether (sulfide) groups is 1. The van der Waals surface area contributed by atoms with Crippen LogP contribution in [-0.2, 0) is 0 Å². The fourth-order valence-corrected chi connectivity index (χ4v) is 4.30. The van der Waals surface area contributed by atoms with Crippen molar-refractivity contribution in [3.8, 4) is 0 Å². The highest BCUT2D eigenvalue weighted by molar-refractivity contribution is 14.1. The summed E-state index contributed by atoms with van der Waals surface area (Å²) in [5.74, 6) is 0.00612. The molecule has 0 saturated heterocycles. The highest BCUT2D eigenvalue weighted by Gasteiger charge is 2.31. The zero-order valence-corrected chi connectivity index (χ0v) is 14.5. The lowest BCUT2D eigenvalue weighted by Gasteiger charge is -2.18. The Bertz CT molecular complexity index is 613. The number of carbonyl (C=O) groups excluding carboxylic acids is 2. The predicted molar refractivity (Wildman–Crippen MR) is 96.7 cm³/mol. The normalized spacial score (nSPS) is 13.4. The van der Waals surface area contributed by atoms with Gasteiger partial charge in [-0.05, 0) is 6.26 Å². The molecule has 0 aliphatic rings. The van der Waals surface area contributed by atoms with Crippen molar-refractivity contribution in [1.82, 2.24) is 0 Å². The van der Waals surface area contributed by atoms with E-state index in [-0.39, 0.29) is 20.7 Å². The van der Waals surface area contributed by atoms with Gasteiger partial charge in [0.05, 0.1) is 9.17 Å². The summed E-state index contributed by atoms with van der Waals surface area (Å²) in [6.45, 7) is 0. The van der Waals surface area contributed by atoms with Gasteiger partial charge in [-0.15, -0.1) is 0 Å². The first-order valence-electron chi connectivity index (χ1n) is 6.50. The highest BCUT2D eigenvalue weighted by Crippen LogP contribution is 2.26. The van der Waals surface area contributed by atoms with E-state index in [0.29, 0.717) is 11.1 Å². The Labute approximate surface area is 142 Å². The average molecular weight is 410 g/mol. The van der Waals surface area contributed by atoms with Crippen LogP contribution in [0.25, 0.3) is 0 Å². The molecule has 0 heterocycles. The molecule has 108 valence electrons. The van der Waals surface area contributed by atoms with E-state index >= 15 is 0 Å². The van der Waals surface area contributed by atoms with E-state index in [1.54, 1.807) is 24.3 Å². The van der Waals surface area contributed by atoms with Gasteiger partial charge in [0.25, 0.3) is 0 Å². The maximum atomic E-state index is 12.6. The first-order valence-corrected chi connectivity index (χ1v) is 9.04. The molecule has 0 radical (unpaired) electrons. The van der Waals surface area contributed by atoms with Crippen molar-refractivity contribution >= 4 is 45.9 Å². The first kappa shape index (κ1) is 16.2. The first-order chi connectivity index (χ1) is 10.1. The molecule has 0 saturated carbocycles. The summed E-state index contributed by atoms with van der Waals surface area (Å²) >= 11 is 3.51. The number of halogens is 1. The molecular formula is C17H15IO2S. The van der Waals surface area contributed by atoms with Crippen LogP contribution in [0.4, 0.5) is 0 Å². The lowest BCUT2D eigenvalue weighted by molar-refractivity contribution is 0.0935. The van der Waals surface area contributed by atoms with Gasteiger partial charge in [0.1, 0.15) is 0 Å². The minimum absolute atomic E-state index is 0.000156. The van der Waals surface area contributed by atoms with Crippen molar-refractivity contribution in [2.24, 2.45) is 0 Å². The van der Waals surface area contributed by atoms with Gasteiger partial charge in [-0.25, -0.2) is 0 Å². The zero-order chi connectivity index (χ0) is 15.2. The Balaban J connectivity index is 2.21. The SMILES string of the molecule is CSC(C(=O)c1ccccc1)C(I)C(=O)c1ccccc1. The molecule has 0 spiro atoms. The molecule has 0 aromatic heterocycles. The molecule has 4 heteroatoms. The van der Waals surface area contributed by atoms with E-state index in [1.807, 2.05) is 42.7 Å². The number of benzene rings is 2. The van der Waals surface area contributed by atoms with Crippen molar-refractivity contribution in [2.75, 3.05) is 6.26 Å². The van der Waals surface area contributed by atoms with E-state index in [1.165, 1.54) is 11.8 Å². The van der Waals surface area contributed by atoms with Gasteiger partial charge in [0.2, 0.25) is 0 Å². The van der Waals surface area contributed by atoms with Crippen molar-refractivity contribution in [1.29, 1.82) is 0 Å². The second-order valence-corrected chi connectivity index (χ2v) is 6.84. The lowest BCUT2D eigenvalue weighted by Crippen LogP contribution is -2.33. The van der Waals surface area contributed by atoms with E-state index < -0.39 is 0 Å². The Kier molecular flexibility index (Phi) is 5.99. The third kappa shape index (κ3) is 3.95. The van der Waals surface area contributed by atoms with Crippen LogP contribution in [0.1, 0.15) is 20.7 Å². The molecule has 2 rings (SSSR count). The number of hydrogen-bond donors (Lipinski definition) is 0. The second-order valence-electron chi connectivity index (χ2n) is 4.52. The van der Waals surface area contributed by atoms with E-state index in [9.17, 15) is 9.59 Å². The van der Waals surface area contributed by atoms with E-state index in [2.05, 4.69) is 22.6 Å². The molecule has 0 N–H and O–H groups in total. The van der Waals surface area contributed by atoms with Gasteiger partial charge < -0.3 is 0 Å². The molecule has 0 fully saturated rings. The summed E-state index contributed by atoms with van der Waals surface area (Å²) < 4.78 is -0.382. The molecule has 2 atom stereocenters. The van der Waals surface area contributed by atoms with Crippen LogP contribution >= 0.6 is 34.4 Å². The van der Waals surface area contributed by atoms with Crippen LogP contribution in [-0.4, -0.2) is 27.0 Å². The number of Topliss-reactive ketones (excluding diaryl/α,β-unsaturated/α-hetero) is 2. The number of carbonyl (C=O) groups is 2. The zero-order valence-electron chi connectivity index (χ0n) is 11.5. The predicted octanol–water partition coefficient (Wildman–Crippen LogP) is 4.29. The average Bonchev–Trinajstić information content (AvgIpc) is 2.56. The van der Waals surface area contributed by atoms with Crippen LogP contribution in [0.15, 0.2) is 60.7 Å². The van der Waals surface area contributed by atoms with Crippen LogP contribution < -0.4 is 0 Å². The number of ketones is 2. The smallest absolute Gasteiger partial charge is 0.177 e. The molecule has 21 heavy (non-hydrogen) atoms. The Hall–Kier alpha value is -1.14. The molecule has 0 aliphatic carbocycles. The molecule has 2 nitrogen and oxygen atoms in total. The molecule has 2 aromatic rings. The van der Waals surface area contributed by atoms with Gasteiger partial charge >= 0.3 is 0 Å². The summed E-state index contributed by atoms with van der Waals surface area (Å²) in [4.78, 5) is 25.1. The summed E-state index contributed by atoms with van der Waals surface area (Å²) in [5.41, 5.74) is 1.30. The van der Waals surface area contributed by atoms with Crippen molar-refractivity contribution in [3.05, 3.63) is 71.8 Å². The second kappa shape index (κ2) is 7.75. The molecular weight excluding hydrogens is 395 g/mol. The Morgan fingerprint density at radius 1 is 0.857 bits per heavy atom. The van der Waals surface area contributed by atoms with E-state index in [0.717, 1.165) is 0 Å².